The van der Waals surface area contributed by atoms with Crippen molar-refractivity contribution in [2.24, 2.45) is 0 Å². The third-order valence-corrected chi connectivity index (χ3v) is 6.39. The van der Waals surface area contributed by atoms with E-state index in [0.717, 1.165) is 42.6 Å². The molecule has 1 amide bonds. The smallest absolute Gasteiger partial charge is 0.277 e. The van der Waals surface area contributed by atoms with Crippen molar-refractivity contribution in [2.75, 3.05) is 44.3 Å². The van der Waals surface area contributed by atoms with Crippen LogP contribution in [0.2, 0.25) is 0 Å². The predicted molar refractivity (Wildman–Crippen MR) is 123 cm³/mol. The summed E-state index contributed by atoms with van der Waals surface area (Å²) in [5, 5.41) is 22.8. The standard InChI is InChI=1S/C21H20FN5O6S/c22-15-2-3-18-19(12-15)34-21(23-18)25(5-1-4-24-6-8-33-9-7-24)20(28)14-10-16(26(29)30)13-17(11-14)27(31)32/h2-3,10-13H,1,4-9H2. The van der Waals surface area contributed by atoms with Gasteiger partial charge < -0.3 is 4.74 Å². The van der Waals surface area contributed by atoms with Crippen LogP contribution in [-0.2, 0) is 4.74 Å². The maximum Gasteiger partial charge on any atom is 0.277 e. The number of ether oxygens (including phenoxy) is 1. The Labute approximate surface area is 196 Å². The summed E-state index contributed by atoms with van der Waals surface area (Å²) < 4.78 is 19.5. The number of fused-ring (bicyclic) bond motifs is 1. The van der Waals surface area contributed by atoms with Crippen LogP contribution in [0.5, 0.6) is 0 Å². The van der Waals surface area contributed by atoms with Crippen molar-refractivity contribution < 1.29 is 23.8 Å². The molecule has 0 saturated carbocycles. The molecule has 1 saturated heterocycles. The molecule has 1 aliphatic rings. The quantitative estimate of drug-likeness (QED) is 0.346. The summed E-state index contributed by atoms with van der Waals surface area (Å²) in [6, 6.07) is 6.90. The minimum atomic E-state index is -0.785. The van der Waals surface area contributed by atoms with Gasteiger partial charge in [0.1, 0.15) is 5.82 Å². The molecule has 0 bridgehead atoms. The van der Waals surface area contributed by atoms with Gasteiger partial charge in [0.2, 0.25) is 0 Å². The predicted octanol–water partition coefficient (Wildman–Crippen LogP) is 3.62. The normalized spacial score (nSPS) is 14.3. The van der Waals surface area contributed by atoms with Crippen LogP contribution >= 0.6 is 11.3 Å². The molecule has 4 rings (SSSR count). The number of non-ortho nitro benzene ring substituents is 2. The zero-order valence-corrected chi connectivity index (χ0v) is 18.7. The fourth-order valence-electron chi connectivity index (χ4n) is 3.65. The van der Waals surface area contributed by atoms with E-state index in [1.807, 2.05) is 0 Å². The van der Waals surface area contributed by atoms with Crippen molar-refractivity contribution in [2.45, 2.75) is 6.42 Å². The number of anilines is 1. The van der Waals surface area contributed by atoms with Gasteiger partial charge in [0.15, 0.2) is 5.13 Å². The lowest BCUT2D eigenvalue weighted by atomic mass is 10.1. The van der Waals surface area contributed by atoms with Gasteiger partial charge in [-0.1, -0.05) is 11.3 Å². The number of carbonyl (C=O) groups excluding carboxylic acids is 1. The van der Waals surface area contributed by atoms with Gasteiger partial charge >= 0.3 is 0 Å². The highest BCUT2D eigenvalue weighted by atomic mass is 32.1. The molecule has 11 nitrogen and oxygen atoms in total. The monoisotopic (exact) mass is 489 g/mol. The molecule has 0 N–H and O–H groups in total. The van der Waals surface area contributed by atoms with Gasteiger partial charge in [0.05, 0.1) is 44.9 Å². The molecule has 0 unspecified atom stereocenters. The molecular weight excluding hydrogens is 469 g/mol. The molecule has 1 fully saturated rings. The maximum absolute atomic E-state index is 13.7. The van der Waals surface area contributed by atoms with Gasteiger partial charge in [0.25, 0.3) is 17.3 Å². The lowest BCUT2D eigenvalue weighted by Crippen LogP contribution is -2.39. The minimum Gasteiger partial charge on any atom is -0.379 e. The SMILES string of the molecule is O=C(c1cc([N+](=O)[O-])cc([N+](=O)[O-])c1)N(CCCN1CCOCC1)c1nc2ccc(F)cc2s1. The lowest BCUT2D eigenvalue weighted by molar-refractivity contribution is -0.394. The molecule has 0 spiro atoms. The summed E-state index contributed by atoms with van der Waals surface area (Å²) in [5.74, 6) is -1.10. The number of halogens is 1. The van der Waals surface area contributed by atoms with Crippen molar-refractivity contribution in [1.29, 1.82) is 0 Å². The van der Waals surface area contributed by atoms with Gasteiger partial charge in [-0.2, -0.15) is 0 Å². The Morgan fingerprint density at radius 2 is 1.79 bits per heavy atom. The Morgan fingerprint density at radius 1 is 1.12 bits per heavy atom. The zero-order chi connectivity index (χ0) is 24.2. The van der Waals surface area contributed by atoms with Gasteiger partial charge in [-0.3, -0.25) is 34.8 Å². The van der Waals surface area contributed by atoms with Crippen molar-refractivity contribution in [3.8, 4) is 0 Å². The molecule has 0 aliphatic carbocycles. The van der Waals surface area contributed by atoms with Crippen LogP contribution in [0.4, 0.5) is 20.9 Å². The Balaban J connectivity index is 1.66. The van der Waals surface area contributed by atoms with Gasteiger partial charge in [0, 0.05) is 38.3 Å². The second-order valence-corrected chi connectivity index (χ2v) is 8.63. The number of rotatable bonds is 8. The Bertz CT molecular complexity index is 1210. The summed E-state index contributed by atoms with van der Waals surface area (Å²) in [7, 11) is 0. The van der Waals surface area contributed by atoms with Crippen molar-refractivity contribution in [3.05, 3.63) is 68.0 Å². The third kappa shape index (κ3) is 5.32. The van der Waals surface area contributed by atoms with Crippen LogP contribution in [0.1, 0.15) is 16.8 Å². The number of morpholine rings is 1. The van der Waals surface area contributed by atoms with Crippen LogP contribution in [0.15, 0.2) is 36.4 Å². The Morgan fingerprint density at radius 3 is 2.44 bits per heavy atom. The van der Waals surface area contributed by atoms with Crippen LogP contribution in [0.25, 0.3) is 10.2 Å². The summed E-state index contributed by atoms with van der Waals surface area (Å²) in [5.41, 5.74) is -0.815. The first-order chi connectivity index (χ1) is 16.3. The number of carbonyl (C=O) groups is 1. The Hall–Kier alpha value is -3.55. The number of thiazole rings is 1. The average molecular weight is 489 g/mol. The molecular formula is C21H20FN5O6S. The average Bonchev–Trinajstić information content (AvgIpc) is 3.24. The second kappa shape index (κ2) is 10.2. The summed E-state index contributed by atoms with van der Waals surface area (Å²) in [6.07, 6.45) is 0.563. The maximum atomic E-state index is 13.7. The van der Waals surface area contributed by atoms with Crippen molar-refractivity contribution in [1.82, 2.24) is 9.88 Å². The number of hydrogen-bond acceptors (Lipinski definition) is 9. The first-order valence-corrected chi connectivity index (χ1v) is 11.3. The van der Waals surface area contributed by atoms with Crippen LogP contribution in [0.3, 0.4) is 0 Å². The zero-order valence-electron chi connectivity index (χ0n) is 17.9. The summed E-state index contributed by atoms with van der Waals surface area (Å²) in [6.45, 7) is 3.69. The highest BCUT2D eigenvalue weighted by Crippen LogP contribution is 2.32. The summed E-state index contributed by atoms with van der Waals surface area (Å²) >= 11 is 1.10. The molecule has 178 valence electrons. The van der Waals surface area contributed by atoms with Gasteiger partial charge in [-0.15, -0.1) is 0 Å². The van der Waals surface area contributed by atoms with E-state index < -0.39 is 32.9 Å². The fourth-order valence-corrected chi connectivity index (χ4v) is 4.66. The largest absolute Gasteiger partial charge is 0.379 e. The molecule has 13 heteroatoms. The molecule has 2 aromatic carbocycles. The molecule has 2 heterocycles. The number of aromatic nitrogens is 1. The van der Waals surface area contributed by atoms with Gasteiger partial charge in [-0.05, 0) is 24.6 Å². The van der Waals surface area contributed by atoms with E-state index in [-0.39, 0.29) is 17.2 Å². The number of hydrogen-bond donors (Lipinski definition) is 0. The lowest BCUT2D eigenvalue weighted by Gasteiger charge is -2.27. The Kier molecular flexibility index (Phi) is 7.05. The topological polar surface area (TPSA) is 132 Å². The highest BCUT2D eigenvalue weighted by molar-refractivity contribution is 7.22. The number of nitro benzene ring substituents is 2. The molecule has 34 heavy (non-hydrogen) atoms. The highest BCUT2D eigenvalue weighted by Gasteiger charge is 2.26. The van der Waals surface area contributed by atoms with E-state index in [4.69, 9.17) is 4.74 Å². The molecule has 1 aliphatic heterocycles. The van der Waals surface area contributed by atoms with E-state index in [9.17, 15) is 29.4 Å². The second-order valence-electron chi connectivity index (χ2n) is 7.63. The van der Waals surface area contributed by atoms with Crippen LogP contribution in [-0.4, -0.2) is 65.0 Å². The van der Waals surface area contributed by atoms with Crippen LogP contribution in [0, 0.1) is 26.0 Å². The minimum absolute atomic E-state index is 0.197. The number of nitro groups is 2. The van der Waals surface area contributed by atoms with E-state index in [2.05, 4.69) is 9.88 Å². The van der Waals surface area contributed by atoms with Gasteiger partial charge in [-0.25, -0.2) is 9.37 Å². The van der Waals surface area contributed by atoms with E-state index >= 15 is 0 Å². The van der Waals surface area contributed by atoms with Crippen molar-refractivity contribution >= 4 is 44.0 Å². The van der Waals surface area contributed by atoms with Crippen LogP contribution < -0.4 is 4.90 Å². The van der Waals surface area contributed by atoms with E-state index in [0.29, 0.717) is 36.4 Å². The number of amides is 1. The van der Waals surface area contributed by atoms with E-state index in [1.54, 1.807) is 0 Å². The van der Waals surface area contributed by atoms with Crippen molar-refractivity contribution in [3.63, 3.8) is 0 Å². The summed E-state index contributed by atoms with van der Waals surface area (Å²) in [4.78, 5) is 42.4. The first kappa shape index (κ1) is 23.6. The number of benzene rings is 2. The molecule has 1 aromatic heterocycles. The first-order valence-electron chi connectivity index (χ1n) is 10.4. The number of nitrogens with zero attached hydrogens (tertiary/aromatic N) is 5. The molecule has 3 aromatic rings. The molecule has 0 atom stereocenters. The third-order valence-electron chi connectivity index (χ3n) is 5.35. The fraction of sp³-hybridized carbons (Fsp3) is 0.333. The van der Waals surface area contributed by atoms with E-state index in [1.165, 1.54) is 23.1 Å². The molecule has 0 radical (unpaired) electrons.